The topological polar surface area (TPSA) is 39.5 Å². The van der Waals surface area contributed by atoms with Crippen LogP contribution in [0.1, 0.15) is 33.1 Å². The average Bonchev–Trinajstić information content (AvgIpc) is 2.36. The Morgan fingerprint density at radius 2 is 2.00 bits per heavy atom. The van der Waals surface area contributed by atoms with Crippen molar-refractivity contribution in [3.63, 3.8) is 0 Å². The lowest BCUT2D eigenvalue weighted by Crippen LogP contribution is -2.51. The van der Waals surface area contributed by atoms with Gasteiger partial charge in [-0.1, -0.05) is 13.8 Å². The summed E-state index contributed by atoms with van der Waals surface area (Å²) in [6.07, 6.45) is 5.99. The summed E-state index contributed by atoms with van der Waals surface area (Å²) in [4.78, 5) is 4.45. The van der Waals surface area contributed by atoms with Crippen molar-refractivity contribution in [2.75, 3.05) is 45.9 Å². The van der Waals surface area contributed by atoms with E-state index in [4.69, 9.17) is 10.00 Å². The number of piperidine rings is 1. The van der Waals surface area contributed by atoms with E-state index < -0.39 is 0 Å². The molecule has 2 saturated heterocycles. The maximum absolute atomic E-state index is 9.07. The Morgan fingerprint density at radius 3 is 2.47 bits per heavy atom. The van der Waals surface area contributed by atoms with Gasteiger partial charge in [0.05, 0.1) is 13.2 Å². The van der Waals surface area contributed by atoms with E-state index in [2.05, 4.69) is 24.9 Å². The van der Waals surface area contributed by atoms with Crippen molar-refractivity contribution in [1.29, 1.82) is 5.26 Å². The third-order valence-electron chi connectivity index (χ3n) is 4.36. The van der Waals surface area contributed by atoms with Gasteiger partial charge in [-0.15, -0.1) is 0 Å². The molecule has 19 heavy (non-hydrogen) atoms. The molecule has 0 bridgehead atoms. The molecule has 0 aromatic heterocycles. The van der Waals surface area contributed by atoms with E-state index in [-0.39, 0.29) is 0 Å². The highest BCUT2D eigenvalue weighted by Gasteiger charge is 2.40. The van der Waals surface area contributed by atoms with Crippen LogP contribution < -0.4 is 0 Å². The van der Waals surface area contributed by atoms with E-state index in [1.165, 1.54) is 25.9 Å². The van der Waals surface area contributed by atoms with Crippen molar-refractivity contribution < 1.29 is 4.74 Å². The van der Waals surface area contributed by atoms with Crippen molar-refractivity contribution in [3.8, 4) is 6.19 Å². The summed E-state index contributed by atoms with van der Waals surface area (Å²) in [5.74, 6) is 0.563. The van der Waals surface area contributed by atoms with Gasteiger partial charge in [0.2, 0.25) is 0 Å². The number of nitrogens with zero attached hydrogens (tertiary/aromatic N) is 3. The minimum absolute atomic E-state index is 0.535. The fourth-order valence-corrected chi connectivity index (χ4v) is 3.04. The van der Waals surface area contributed by atoms with Gasteiger partial charge in [0.1, 0.15) is 0 Å². The average molecular weight is 265 g/mol. The van der Waals surface area contributed by atoms with E-state index in [9.17, 15) is 0 Å². The van der Waals surface area contributed by atoms with Crippen LogP contribution in [0.2, 0.25) is 0 Å². The van der Waals surface area contributed by atoms with Crippen LogP contribution in [0.5, 0.6) is 0 Å². The van der Waals surface area contributed by atoms with Gasteiger partial charge in [-0.25, -0.2) is 0 Å². The summed E-state index contributed by atoms with van der Waals surface area (Å²) in [6, 6.07) is 0. The normalized spacial score (nSPS) is 22.2. The van der Waals surface area contributed by atoms with Gasteiger partial charge in [0.25, 0.3) is 0 Å². The molecule has 0 N–H and O–H groups in total. The van der Waals surface area contributed by atoms with E-state index >= 15 is 0 Å². The van der Waals surface area contributed by atoms with Gasteiger partial charge in [0.15, 0.2) is 6.19 Å². The fraction of sp³-hybridized carbons (Fsp3) is 0.933. The first-order chi connectivity index (χ1) is 9.13. The number of hydrogen-bond donors (Lipinski definition) is 0. The Morgan fingerprint density at radius 1 is 1.32 bits per heavy atom. The van der Waals surface area contributed by atoms with Crippen molar-refractivity contribution in [1.82, 2.24) is 9.80 Å². The predicted molar refractivity (Wildman–Crippen MR) is 75.6 cm³/mol. The number of hydrogen-bond acceptors (Lipinski definition) is 4. The molecule has 2 aliphatic heterocycles. The highest BCUT2D eigenvalue weighted by Crippen LogP contribution is 2.38. The molecule has 0 unspecified atom stereocenters. The quantitative estimate of drug-likeness (QED) is 0.543. The Bertz CT molecular complexity index is 310. The summed E-state index contributed by atoms with van der Waals surface area (Å²) in [7, 11) is 0. The lowest BCUT2D eigenvalue weighted by atomic mass is 9.77. The first-order valence-electron chi connectivity index (χ1n) is 7.58. The molecular formula is C15H27N3O. The monoisotopic (exact) mass is 265 g/mol. The third-order valence-corrected chi connectivity index (χ3v) is 4.36. The molecule has 108 valence electrons. The zero-order valence-electron chi connectivity index (χ0n) is 12.4. The standard InChI is InChI=1S/C15H27N3O/c1-14(2)10-18(13-16)7-3-6-17-8-4-15(5-9-17)11-19-12-15/h14H,3-12H2,1-2H3. The van der Waals surface area contributed by atoms with Crippen molar-refractivity contribution >= 4 is 0 Å². The first-order valence-corrected chi connectivity index (χ1v) is 7.58. The Hall–Kier alpha value is -0.790. The van der Waals surface area contributed by atoms with Crippen LogP contribution in [0.3, 0.4) is 0 Å². The van der Waals surface area contributed by atoms with E-state index in [1.807, 2.05) is 4.90 Å². The molecule has 0 amide bonds. The molecule has 0 aliphatic carbocycles. The zero-order valence-corrected chi connectivity index (χ0v) is 12.4. The minimum atomic E-state index is 0.535. The second-order valence-electron chi connectivity index (χ2n) is 6.63. The van der Waals surface area contributed by atoms with Gasteiger partial charge in [-0.2, -0.15) is 5.26 Å². The predicted octanol–water partition coefficient (Wildman–Crippen LogP) is 1.93. The molecule has 0 saturated carbocycles. The zero-order chi connectivity index (χ0) is 13.7. The maximum Gasteiger partial charge on any atom is 0.179 e. The molecular weight excluding hydrogens is 238 g/mol. The van der Waals surface area contributed by atoms with Gasteiger partial charge in [-0.05, 0) is 44.8 Å². The molecule has 2 rings (SSSR count). The highest BCUT2D eigenvalue weighted by molar-refractivity contribution is 4.90. The second kappa shape index (κ2) is 6.58. The van der Waals surface area contributed by atoms with Crippen LogP contribution >= 0.6 is 0 Å². The Kier molecular flexibility index (Phi) is 5.06. The molecule has 1 spiro atoms. The van der Waals surface area contributed by atoms with Gasteiger partial charge < -0.3 is 14.5 Å². The lowest BCUT2D eigenvalue weighted by Gasteiger charge is -2.47. The summed E-state index contributed by atoms with van der Waals surface area (Å²) < 4.78 is 5.35. The number of ether oxygens (including phenoxy) is 1. The molecule has 4 heteroatoms. The summed E-state index contributed by atoms with van der Waals surface area (Å²) >= 11 is 0. The van der Waals surface area contributed by atoms with E-state index in [0.29, 0.717) is 11.3 Å². The fourth-order valence-electron chi connectivity index (χ4n) is 3.04. The summed E-state index contributed by atoms with van der Waals surface area (Å²) in [5, 5.41) is 9.07. The molecule has 2 aliphatic rings. The van der Waals surface area contributed by atoms with E-state index in [1.54, 1.807) is 0 Å². The number of nitriles is 1. The molecule has 2 fully saturated rings. The number of likely N-dealkylation sites (tertiary alicyclic amines) is 1. The molecule has 0 aromatic carbocycles. The van der Waals surface area contributed by atoms with Crippen LogP contribution in [0.4, 0.5) is 0 Å². The largest absolute Gasteiger partial charge is 0.380 e. The highest BCUT2D eigenvalue weighted by atomic mass is 16.5. The Labute approximate surface area is 117 Å². The van der Waals surface area contributed by atoms with Crippen molar-refractivity contribution in [2.24, 2.45) is 11.3 Å². The van der Waals surface area contributed by atoms with Crippen LogP contribution in [0, 0.1) is 22.8 Å². The molecule has 0 radical (unpaired) electrons. The van der Waals surface area contributed by atoms with E-state index in [0.717, 1.165) is 39.3 Å². The summed E-state index contributed by atoms with van der Waals surface area (Å²) in [5.41, 5.74) is 0.535. The lowest BCUT2D eigenvalue weighted by molar-refractivity contribution is -0.139. The van der Waals surface area contributed by atoms with Crippen LogP contribution in [0.25, 0.3) is 0 Å². The van der Waals surface area contributed by atoms with Crippen LogP contribution in [-0.4, -0.2) is 55.7 Å². The molecule has 0 atom stereocenters. The summed E-state index contributed by atoms with van der Waals surface area (Å²) in [6.45, 7) is 11.6. The first kappa shape index (κ1) is 14.6. The van der Waals surface area contributed by atoms with Gasteiger partial charge in [0, 0.05) is 18.5 Å². The molecule has 2 heterocycles. The SMILES string of the molecule is CC(C)CN(C#N)CCCN1CCC2(CC1)COC2. The smallest absolute Gasteiger partial charge is 0.179 e. The molecule has 4 nitrogen and oxygen atoms in total. The van der Waals surface area contributed by atoms with Crippen LogP contribution in [-0.2, 0) is 4.74 Å². The second-order valence-corrected chi connectivity index (χ2v) is 6.63. The van der Waals surface area contributed by atoms with Crippen LogP contribution in [0.15, 0.2) is 0 Å². The van der Waals surface area contributed by atoms with Crippen molar-refractivity contribution in [3.05, 3.63) is 0 Å². The molecule has 0 aromatic rings. The minimum Gasteiger partial charge on any atom is -0.380 e. The number of rotatable bonds is 6. The maximum atomic E-state index is 9.07. The van der Waals surface area contributed by atoms with Gasteiger partial charge >= 0.3 is 0 Å². The van der Waals surface area contributed by atoms with Gasteiger partial charge in [-0.3, -0.25) is 0 Å². The third kappa shape index (κ3) is 4.09. The van der Waals surface area contributed by atoms with Crippen molar-refractivity contribution in [2.45, 2.75) is 33.1 Å². The Balaban J connectivity index is 1.60.